The summed E-state index contributed by atoms with van der Waals surface area (Å²) in [6, 6.07) is 32.5. The van der Waals surface area contributed by atoms with Crippen molar-refractivity contribution in [1.29, 1.82) is 0 Å². The SMILES string of the molecule is CC(C)c1cc([Si](C)(C)C)cc(C(C)C)c1-n1c(-c2cccc3c2oc2cc(-c4ccccc4)c(F)cc23)nc2ccccc21. The minimum Gasteiger partial charge on any atom is -0.455 e. The summed E-state index contributed by atoms with van der Waals surface area (Å²) >= 11 is 0. The Morgan fingerprint density at radius 3 is 2.04 bits per heavy atom. The Bertz CT molecular complexity index is 2190. The van der Waals surface area contributed by atoms with Crippen LogP contribution in [-0.2, 0) is 0 Å². The summed E-state index contributed by atoms with van der Waals surface area (Å²) < 4.78 is 24.6. The van der Waals surface area contributed by atoms with E-state index in [2.05, 4.69) is 88.3 Å². The third-order valence-corrected chi connectivity index (χ3v) is 11.0. The van der Waals surface area contributed by atoms with Crippen molar-refractivity contribution in [2.75, 3.05) is 0 Å². The van der Waals surface area contributed by atoms with Crippen LogP contribution >= 0.6 is 0 Å². The van der Waals surface area contributed by atoms with Gasteiger partial charge in [0.15, 0.2) is 0 Å². The van der Waals surface area contributed by atoms with E-state index < -0.39 is 8.07 Å². The lowest BCUT2D eigenvalue weighted by Crippen LogP contribution is -2.38. The molecule has 0 radical (unpaired) electrons. The monoisotopic (exact) mass is 610 g/mol. The van der Waals surface area contributed by atoms with Gasteiger partial charge in [-0.2, -0.15) is 0 Å². The van der Waals surface area contributed by atoms with E-state index in [0.29, 0.717) is 28.6 Å². The zero-order chi connectivity index (χ0) is 31.6. The van der Waals surface area contributed by atoms with Crippen molar-refractivity contribution in [3.05, 3.63) is 114 Å². The molecule has 0 fully saturated rings. The van der Waals surface area contributed by atoms with Crippen LogP contribution in [-0.4, -0.2) is 17.6 Å². The molecule has 0 aliphatic rings. The van der Waals surface area contributed by atoms with E-state index in [1.54, 1.807) is 6.07 Å². The van der Waals surface area contributed by atoms with Crippen LogP contribution in [0.2, 0.25) is 19.6 Å². The first kappa shape index (κ1) is 29.2. The van der Waals surface area contributed by atoms with Crippen LogP contribution in [0.4, 0.5) is 4.39 Å². The highest BCUT2D eigenvalue weighted by Crippen LogP contribution is 2.42. The molecule has 5 heteroatoms. The predicted molar refractivity (Wildman–Crippen MR) is 190 cm³/mol. The van der Waals surface area contributed by atoms with E-state index in [9.17, 15) is 0 Å². The maximum Gasteiger partial charge on any atom is 0.149 e. The molecule has 0 unspecified atom stereocenters. The largest absolute Gasteiger partial charge is 0.455 e. The summed E-state index contributed by atoms with van der Waals surface area (Å²) in [6.45, 7) is 16.4. The van der Waals surface area contributed by atoms with Crippen molar-refractivity contribution in [1.82, 2.24) is 9.55 Å². The topological polar surface area (TPSA) is 31.0 Å². The molecule has 0 aliphatic heterocycles. The molecule has 0 aliphatic carbocycles. The first-order chi connectivity index (χ1) is 21.5. The highest BCUT2D eigenvalue weighted by Gasteiger charge is 2.27. The van der Waals surface area contributed by atoms with Gasteiger partial charge in [0, 0.05) is 16.3 Å². The van der Waals surface area contributed by atoms with Crippen molar-refractivity contribution in [2.45, 2.75) is 59.2 Å². The Labute approximate surface area is 265 Å². The Kier molecular flexibility index (Phi) is 7.05. The summed E-state index contributed by atoms with van der Waals surface area (Å²) in [5.74, 6) is 1.18. The molecular formula is C40H39FN2OSi. The van der Waals surface area contributed by atoms with Crippen molar-refractivity contribution in [3.8, 4) is 28.2 Å². The molecule has 0 N–H and O–H groups in total. The predicted octanol–water partition coefficient (Wildman–Crippen LogP) is 11.2. The summed E-state index contributed by atoms with van der Waals surface area (Å²) in [6.07, 6.45) is 0. The molecule has 3 nitrogen and oxygen atoms in total. The molecule has 7 rings (SSSR count). The summed E-state index contributed by atoms with van der Waals surface area (Å²) in [5.41, 5.74) is 9.46. The molecule has 2 aromatic heterocycles. The Morgan fingerprint density at radius 1 is 0.711 bits per heavy atom. The molecule has 0 atom stereocenters. The lowest BCUT2D eigenvalue weighted by molar-refractivity contribution is 0.629. The maximum absolute atomic E-state index is 15.6. The Morgan fingerprint density at radius 2 is 1.38 bits per heavy atom. The van der Waals surface area contributed by atoms with E-state index >= 15 is 4.39 Å². The van der Waals surface area contributed by atoms with Gasteiger partial charge in [-0.1, -0.05) is 119 Å². The molecule has 0 saturated carbocycles. The maximum atomic E-state index is 15.6. The van der Waals surface area contributed by atoms with Gasteiger partial charge in [-0.15, -0.1) is 0 Å². The van der Waals surface area contributed by atoms with Crippen molar-refractivity contribution in [2.24, 2.45) is 0 Å². The second-order valence-corrected chi connectivity index (χ2v) is 18.9. The Hall–Kier alpha value is -4.48. The number of imidazole rings is 1. The number of nitrogens with zero attached hydrogens (tertiary/aromatic N) is 2. The lowest BCUT2D eigenvalue weighted by Gasteiger charge is -2.27. The van der Waals surface area contributed by atoms with E-state index in [0.717, 1.165) is 38.8 Å². The summed E-state index contributed by atoms with van der Waals surface area (Å²) in [7, 11) is -1.59. The van der Waals surface area contributed by atoms with E-state index in [1.807, 2.05) is 54.6 Å². The van der Waals surface area contributed by atoms with Gasteiger partial charge < -0.3 is 4.42 Å². The number of rotatable bonds is 6. The van der Waals surface area contributed by atoms with Crippen LogP contribution in [0, 0.1) is 5.82 Å². The number of benzene rings is 5. The van der Waals surface area contributed by atoms with Gasteiger partial charge in [-0.3, -0.25) is 4.57 Å². The lowest BCUT2D eigenvalue weighted by atomic mass is 9.92. The average molecular weight is 611 g/mol. The second kappa shape index (κ2) is 10.8. The number of halogens is 1. The molecule has 0 bridgehead atoms. The van der Waals surface area contributed by atoms with Crippen LogP contribution in [0.5, 0.6) is 0 Å². The molecule has 0 spiro atoms. The third-order valence-electron chi connectivity index (χ3n) is 8.98. The minimum atomic E-state index is -1.59. The normalized spacial score (nSPS) is 12.4. The molecule has 2 heterocycles. The third kappa shape index (κ3) is 4.90. The fourth-order valence-corrected chi connectivity index (χ4v) is 7.69. The number of fused-ring (bicyclic) bond motifs is 4. The molecular weight excluding hydrogens is 572 g/mol. The van der Waals surface area contributed by atoms with Crippen LogP contribution in [0.15, 0.2) is 101 Å². The highest BCUT2D eigenvalue weighted by atomic mass is 28.3. The first-order valence-electron chi connectivity index (χ1n) is 15.9. The van der Waals surface area contributed by atoms with Gasteiger partial charge in [-0.25, -0.2) is 9.37 Å². The molecule has 0 saturated heterocycles. The zero-order valence-electron chi connectivity index (χ0n) is 27.1. The molecule has 0 amide bonds. The van der Waals surface area contributed by atoms with Crippen molar-refractivity contribution >= 4 is 46.2 Å². The number of furan rings is 1. The quantitative estimate of drug-likeness (QED) is 0.175. The number of hydrogen-bond acceptors (Lipinski definition) is 2. The van der Waals surface area contributed by atoms with E-state index in [-0.39, 0.29) is 5.82 Å². The van der Waals surface area contributed by atoms with Gasteiger partial charge in [0.2, 0.25) is 0 Å². The van der Waals surface area contributed by atoms with Gasteiger partial charge in [0.05, 0.1) is 30.4 Å². The molecule has 7 aromatic rings. The van der Waals surface area contributed by atoms with Crippen molar-refractivity contribution in [3.63, 3.8) is 0 Å². The van der Waals surface area contributed by atoms with Gasteiger partial charge in [0.1, 0.15) is 22.8 Å². The Balaban J connectivity index is 1.56. The smallest absolute Gasteiger partial charge is 0.149 e. The highest BCUT2D eigenvalue weighted by molar-refractivity contribution is 6.88. The fourth-order valence-electron chi connectivity index (χ4n) is 6.52. The number of para-hydroxylation sites is 3. The van der Waals surface area contributed by atoms with Gasteiger partial charge >= 0.3 is 0 Å². The standard InChI is InChI=1S/C40H39FN2OSi/c1-24(2)30-20-27(45(5,6)7)21-31(25(3)4)38(30)43-36-19-12-11-18-35(36)42-40(43)29-17-13-16-28-33-22-34(41)32(23-37(33)44-39(28)29)26-14-9-8-10-15-26/h8-25H,1-7H3. The van der Waals surface area contributed by atoms with E-state index in [1.165, 1.54) is 22.0 Å². The van der Waals surface area contributed by atoms with Crippen LogP contribution in [0.3, 0.4) is 0 Å². The van der Waals surface area contributed by atoms with Crippen molar-refractivity contribution < 1.29 is 8.81 Å². The molecule has 45 heavy (non-hydrogen) atoms. The first-order valence-corrected chi connectivity index (χ1v) is 19.4. The summed E-state index contributed by atoms with van der Waals surface area (Å²) in [4.78, 5) is 5.27. The minimum absolute atomic E-state index is 0.264. The van der Waals surface area contributed by atoms with Crippen LogP contribution in [0.25, 0.3) is 61.2 Å². The second-order valence-electron chi connectivity index (χ2n) is 13.8. The van der Waals surface area contributed by atoms with Gasteiger partial charge in [-0.05, 0) is 58.9 Å². The van der Waals surface area contributed by atoms with Crippen LogP contribution in [0.1, 0.15) is 50.7 Å². The van der Waals surface area contributed by atoms with Crippen LogP contribution < -0.4 is 5.19 Å². The summed E-state index contributed by atoms with van der Waals surface area (Å²) in [5, 5.41) is 3.11. The number of hydrogen-bond donors (Lipinski definition) is 0. The average Bonchev–Trinajstić information content (AvgIpc) is 3.58. The zero-order valence-corrected chi connectivity index (χ0v) is 28.1. The van der Waals surface area contributed by atoms with Gasteiger partial charge in [0.25, 0.3) is 0 Å². The fraction of sp³-hybridized carbons (Fsp3) is 0.225. The molecule has 5 aromatic carbocycles. The molecule has 226 valence electrons. The number of aromatic nitrogens is 2. The van der Waals surface area contributed by atoms with E-state index in [4.69, 9.17) is 9.40 Å².